The molecular weight excluding hydrogens is 284 g/mol. The molecule has 0 heterocycles. The number of hydrogen-bond acceptors (Lipinski definition) is 1. The topological polar surface area (TPSA) is 20.2 Å². The van der Waals surface area contributed by atoms with Crippen molar-refractivity contribution in [3.8, 4) is 11.5 Å². The highest BCUT2D eigenvalue weighted by molar-refractivity contribution is 7.02. The van der Waals surface area contributed by atoms with Crippen LogP contribution in [0.5, 0.6) is 0 Å². The molecule has 0 saturated carbocycles. The zero-order chi connectivity index (χ0) is 15.7. The molecule has 2 aromatic carbocycles. The third-order valence-corrected chi connectivity index (χ3v) is 6.68. The monoisotopic (exact) mass is 308 g/mol. The molecule has 0 aromatic heterocycles. The summed E-state index contributed by atoms with van der Waals surface area (Å²) in [7, 11) is -2.93. The average Bonchev–Trinajstić information content (AvgIpc) is 2.59. The Balaban J connectivity index is 2.22. The second-order valence-electron chi connectivity index (χ2n) is 5.55. The van der Waals surface area contributed by atoms with Crippen molar-refractivity contribution in [3.05, 3.63) is 60.7 Å². The third-order valence-electron chi connectivity index (χ3n) is 3.81. The smallest absolute Gasteiger partial charge is 0.334 e. The van der Waals surface area contributed by atoms with Crippen LogP contribution in [-0.2, 0) is 0 Å². The number of benzene rings is 2. The Labute approximate surface area is 135 Å². The lowest BCUT2D eigenvalue weighted by molar-refractivity contribution is 0.584. The molecule has 0 unspecified atom stereocenters. The van der Waals surface area contributed by atoms with Gasteiger partial charge < -0.3 is 4.80 Å². The van der Waals surface area contributed by atoms with Crippen molar-refractivity contribution in [2.24, 2.45) is 0 Å². The van der Waals surface area contributed by atoms with E-state index in [1.54, 1.807) is 0 Å². The predicted molar refractivity (Wildman–Crippen MR) is 96.7 cm³/mol. The summed E-state index contributed by atoms with van der Waals surface area (Å²) in [5.41, 5.74) is 3.25. The molecule has 2 aromatic rings. The molecule has 0 saturated heterocycles. The van der Waals surface area contributed by atoms with Gasteiger partial charge in [-0.1, -0.05) is 92.4 Å². The Hall–Kier alpha value is -1.82. The van der Waals surface area contributed by atoms with Crippen LogP contribution in [0, 0.1) is 11.5 Å². The van der Waals surface area contributed by atoms with Gasteiger partial charge in [0.05, 0.1) is 0 Å². The van der Waals surface area contributed by atoms with E-state index in [0.717, 1.165) is 23.2 Å². The van der Waals surface area contributed by atoms with Gasteiger partial charge in [-0.3, -0.25) is 0 Å². The number of hydrogen-bond donors (Lipinski definition) is 1. The van der Waals surface area contributed by atoms with Crippen molar-refractivity contribution in [1.29, 1.82) is 0 Å². The molecule has 0 fully saturated rings. The summed E-state index contributed by atoms with van der Waals surface area (Å²) in [6.45, 7) is 2.21. The number of rotatable bonds is 6. The van der Waals surface area contributed by atoms with E-state index in [0.29, 0.717) is 0 Å². The Morgan fingerprint density at radius 3 is 1.86 bits per heavy atom. The average molecular weight is 308 g/mol. The van der Waals surface area contributed by atoms with E-state index >= 15 is 0 Å². The van der Waals surface area contributed by atoms with Crippen molar-refractivity contribution in [2.45, 2.75) is 39.0 Å². The van der Waals surface area contributed by atoms with Gasteiger partial charge in [-0.2, -0.15) is 0 Å². The minimum Gasteiger partial charge on any atom is -0.415 e. The lowest BCUT2D eigenvalue weighted by atomic mass is 10.2. The fourth-order valence-corrected chi connectivity index (χ4v) is 4.85. The Morgan fingerprint density at radius 1 is 0.818 bits per heavy atom. The Bertz CT molecular complexity index is 571. The van der Waals surface area contributed by atoms with E-state index in [1.165, 1.54) is 19.3 Å². The van der Waals surface area contributed by atoms with Crippen LogP contribution in [-0.4, -0.2) is 13.1 Å². The van der Waals surface area contributed by atoms with Crippen LogP contribution in [0.2, 0.25) is 0 Å². The second kappa shape index (κ2) is 8.58. The second-order valence-corrected chi connectivity index (χ2v) is 8.38. The molecular formula is C20H24OSi. The lowest BCUT2D eigenvalue weighted by Crippen LogP contribution is -2.58. The van der Waals surface area contributed by atoms with Gasteiger partial charge in [0.15, 0.2) is 0 Å². The van der Waals surface area contributed by atoms with Gasteiger partial charge in [-0.15, -0.1) is 5.92 Å². The molecule has 22 heavy (non-hydrogen) atoms. The highest BCUT2D eigenvalue weighted by Gasteiger charge is 2.34. The fourth-order valence-electron chi connectivity index (χ4n) is 2.50. The van der Waals surface area contributed by atoms with Crippen LogP contribution in [0.15, 0.2) is 60.7 Å². The van der Waals surface area contributed by atoms with E-state index in [-0.39, 0.29) is 0 Å². The van der Waals surface area contributed by atoms with E-state index in [4.69, 9.17) is 0 Å². The minimum atomic E-state index is -2.93. The molecule has 1 N–H and O–H groups in total. The van der Waals surface area contributed by atoms with Crippen molar-refractivity contribution >= 4 is 18.7 Å². The summed E-state index contributed by atoms with van der Waals surface area (Å²) in [6, 6.07) is 19.8. The molecule has 2 heteroatoms. The minimum absolute atomic E-state index is 0.870. The summed E-state index contributed by atoms with van der Waals surface area (Å²) in [6.07, 6.45) is 5.71. The van der Waals surface area contributed by atoms with E-state index in [1.807, 2.05) is 60.7 Å². The summed E-state index contributed by atoms with van der Waals surface area (Å²) in [4.78, 5) is 11.3. The van der Waals surface area contributed by atoms with Crippen LogP contribution in [0.1, 0.15) is 39.0 Å². The van der Waals surface area contributed by atoms with Crippen LogP contribution in [0.25, 0.3) is 0 Å². The standard InChI is InChI=1S/C20H24OSi/c1-2-3-4-5-6-13-18-22(21,19-14-9-7-10-15-19)20-16-11-8-12-17-20/h7-12,14-17,21H,2-6H2,1H3. The quantitative estimate of drug-likeness (QED) is 0.493. The van der Waals surface area contributed by atoms with Crippen molar-refractivity contribution < 1.29 is 4.80 Å². The first-order valence-electron chi connectivity index (χ1n) is 8.11. The first-order chi connectivity index (χ1) is 10.8. The van der Waals surface area contributed by atoms with Gasteiger partial charge in [-0.25, -0.2) is 0 Å². The molecule has 0 bridgehead atoms. The van der Waals surface area contributed by atoms with E-state index in [9.17, 15) is 4.80 Å². The third kappa shape index (κ3) is 4.33. The molecule has 0 aliphatic rings. The van der Waals surface area contributed by atoms with Crippen LogP contribution in [0.4, 0.5) is 0 Å². The first-order valence-corrected chi connectivity index (χ1v) is 10.1. The predicted octanol–water partition coefficient (Wildman–Crippen LogP) is 3.25. The molecule has 0 radical (unpaired) electrons. The van der Waals surface area contributed by atoms with Crippen LogP contribution in [0.3, 0.4) is 0 Å². The van der Waals surface area contributed by atoms with Gasteiger partial charge in [0.25, 0.3) is 0 Å². The first kappa shape index (κ1) is 16.5. The highest BCUT2D eigenvalue weighted by atomic mass is 28.4. The van der Waals surface area contributed by atoms with Gasteiger partial charge in [0.1, 0.15) is 0 Å². The zero-order valence-corrected chi connectivity index (χ0v) is 14.3. The molecule has 0 aliphatic heterocycles. The summed E-state index contributed by atoms with van der Waals surface area (Å²) >= 11 is 0. The molecule has 1 nitrogen and oxygen atoms in total. The van der Waals surface area contributed by atoms with E-state index in [2.05, 4.69) is 18.4 Å². The summed E-state index contributed by atoms with van der Waals surface area (Å²) < 4.78 is 0. The Kier molecular flexibility index (Phi) is 6.45. The van der Waals surface area contributed by atoms with Gasteiger partial charge >= 0.3 is 8.32 Å². The molecule has 2 rings (SSSR count). The van der Waals surface area contributed by atoms with Crippen molar-refractivity contribution in [3.63, 3.8) is 0 Å². The van der Waals surface area contributed by atoms with Crippen molar-refractivity contribution in [2.75, 3.05) is 0 Å². The normalized spacial score (nSPS) is 10.8. The lowest BCUT2D eigenvalue weighted by Gasteiger charge is -2.19. The maximum atomic E-state index is 11.3. The largest absolute Gasteiger partial charge is 0.415 e. The summed E-state index contributed by atoms with van der Waals surface area (Å²) in [5, 5.41) is 1.92. The summed E-state index contributed by atoms with van der Waals surface area (Å²) in [5.74, 6) is 3.24. The highest BCUT2D eigenvalue weighted by Crippen LogP contribution is 2.04. The molecule has 0 atom stereocenters. The Morgan fingerprint density at radius 2 is 1.36 bits per heavy atom. The zero-order valence-electron chi connectivity index (χ0n) is 13.3. The SMILES string of the molecule is CCCCCCC#C[Si](O)(c1ccccc1)c1ccccc1. The van der Waals surface area contributed by atoms with Crippen LogP contribution >= 0.6 is 0 Å². The van der Waals surface area contributed by atoms with Crippen molar-refractivity contribution in [1.82, 2.24) is 0 Å². The van der Waals surface area contributed by atoms with Gasteiger partial charge in [0.2, 0.25) is 0 Å². The fraction of sp³-hybridized carbons (Fsp3) is 0.300. The maximum absolute atomic E-state index is 11.3. The van der Waals surface area contributed by atoms with E-state index < -0.39 is 8.32 Å². The molecule has 0 amide bonds. The number of unbranched alkanes of at least 4 members (excludes halogenated alkanes) is 4. The van der Waals surface area contributed by atoms with Crippen LogP contribution < -0.4 is 10.4 Å². The maximum Gasteiger partial charge on any atom is 0.334 e. The molecule has 0 aliphatic carbocycles. The van der Waals surface area contributed by atoms with Gasteiger partial charge in [0, 0.05) is 6.42 Å². The van der Waals surface area contributed by atoms with Gasteiger partial charge in [-0.05, 0) is 16.8 Å². The molecule has 114 valence electrons. The molecule has 0 spiro atoms.